The van der Waals surface area contributed by atoms with E-state index in [9.17, 15) is 5.26 Å². The quantitative estimate of drug-likeness (QED) is 0.726. The molecule has 2 rings (SSSR count). The second kappa shape index (κ2) is 4.35. The first-order chi connectivity index (χ1) is 7.66. The Hall–Kier alpha value is -0.590. The zero-order chi connectivity index (χ0) is 11.8. The molecule has 1 saturated heterocycles. The Morgan fingerprint density at radius 1 is 1.38 bits per heavy atom. The summed E-state index contributed by atoms with van der Waals surface area (Å²) in [4.78, 5) is 4.90. The van der Waals surface area contributed by atoms with Crippen LogP contribution in [0.2, 0.25) is 0 Å². The molecule has 3 nitrogen and oxygen atoms in total. The molecule has 0 aromatic carbocycles. The molecule has 0 aromatic rings. The topological polar surface area (TPSA) is 30.3 Å². The van der Waals surface area contributed by atoms with Crippen LogP contribution in [0.15, 0.2) is 0 Å². The van der Waals surface area contributed by atoms with Crippen molar-refractivity contribution in [3.8, 4) is 6.07 Å². The van der Waals surface area contributed by atoms with E-state index in [1.54, 1.807) is 0 Å². The summed E-state index contributed by atoms with van der Waals surface area (Å²) < 4.78 is 0. The van der Waals surface area contributed by atoms with E-state index in [0.717, 1.165) is 32.1 Å². The minimum atomic E-state index is -0.217. The molecule has 90 valence electrons. The van der Waals surface area contributed by atoms with Crippen LogP contribution < -0.4 is 0 Å². The van der Waals surface area contributed by atoms with Gasteiger partial charge < -0.3 is 0 Å². The molecule has 2 unspecified atom stereocenters. The van der Waals surface area contributed by atoms with Gasteiger partial charge in [0.15, 0.2) is 0 Å². The monoisotopic (exact) mass is 221 g/mol. The molecule has 2 atom stereocenters. The van der Waals surface area contributed by atoms with E-state index in [0.29, 0.717) is 6.04 Å². The van der Waals surface area contributed by atoms with E-state index in [1.165, 1.54) is 12.8 Å². The Labute approximate surface area is 99.0 Å². The fourth-order valence-electron chi connectivity index (χ4n) is 3.23. The van der Waals surface area contributed by atoms with Gasteiger partial charge in [-0.2, -0.15) is 5.26 Å². The van der Waals surface area contributed by atoms with Crippen LogP contribution in [-0.2, 0) is 0 Å². The summed E-state index contributed by atoms with van der Waals surface area (Å²) in [6.45, 7) is 9.52. The maximum Gasteiger partial charge on any atom is 0.123 e. The normalized spacial score (nSPS) is 35.6. The molecule has 2 fully saturated rings. The molecular formula is C13H23N3. The van der Waals surface area contributed by atoms with E-state index < -0.39 is 0 Å². The first-order valence-electron chi connectivity index (χ1n) is 6.59. The van der Waals surface area contributed by atoms with Crippen LogP contribution in [0.4, 0.5) is 0 Å². The number of nitrogens with zero attached hydrogens (tertiary/aromatic N) is 3. The van der Waals surface area contributed by atoms with E-state index in [4.69, 9.17) is 0 Å². The van der Waals surface area contributed by atoms with Gasteiger partial charge in [0.2, 0.25) is 0 Å². The van der Waals surface area contributed by atoms with Gasteiger partial charge in [-0.05, 0) is 39.3 Å². The summed E-state index contributed by atoms with van der Waals surface area (Å²) in [6.07, 6.45) is 3.69. The number of likely N-dealkylation sites (tertiary alicyclic amines) is 1. The van der Waals surface area contributed by atoms with Gasteiger partial charge in [-0.25, -0.2) is 0 Å². The summed E-state index contributed by atoms with van der Waals surface area (Å²) in [5, 5.41) is 9.57. The molecule has 2 aliphatic rings. The lowest BCUT2D eigenvalue weighted by Crippen LogP contribution is -2.49. The Morgan fingerprint density at radius 2 is 2.00 bits per heavy atom. The van der Waals surface area contributed by atoms with Crippen LogP contribution >= 0.6 is 0 Å². The molecule has 1 aliphatic heterocycles. The third-order valence-electron chi connectivity index (χ3n) is 4.24. The van der Waals surface area contributed by atoms with Gasteiger partial charge in [0.05, 0.1) is 6.07 Å². The maximum absolute atomic E-state index is 9.57. The summed E-state index contributed by atoms with van der Waals surface area (Å²) in [5.41, 5.74) is -0.217. The fraction of sp³-hybridized carbons (Fsp3) is 0.923. The molecule has 0 amide bonds. The number of nitriles is 1. The van der Waals surface area contributed by atoms with E-state index in [2.05, 4.69) is 36.6 Å². The minimum Gasteiger partial charge on any atom is -0.295 e. The van der Waals surface area contributed by atoms with Crippen molar-refractivity contribution >= 4 is 0 Å². The van der Waals surface area contributed by atoms with Crippen molar-refractivity contribution in [2.45, 2.75) is 57.7 Å². The second-order valence-corrected chi connectivity index (χ2v) is 5.27. The lowest BCUT2D eigenvalue weighted by atomic mass is 9.96. The maximum atomic E-state index is 9.57. The lowest BCUT2D eigenvalue weighted by molar-refractivity contribution is 0.151. The summed E-state index contributed by atoms with van der Waals surface area (Å²) in [7, 11) is 0. The van der Waals surface area contributed by atoms with Crippen molar-refractivity contribution in [1.82, 2.24) is 9.80 Å². The molecule has 0 spiro atoms. The van der Waals surface area contributed by atoms with Crippen molar-refractivity contribution < 1.29 is 0 Å². The van der Waals surface area contributed by atoms with Crippen LogP contribution in [0.3, 0.4) is 0 Å². The van der Waals surface area contributed by atoms with Crippen molar-refractivity contribution in [2.75, 3.05) is 19.6 Å². The highest BCUT2D eigenvalue weighted by Gasteiger charge is 2.49. The van der Waals surface area contributed by atoms with Crippen LogP contribution in [-0.4, -0.2) is 47.1 Å². The zero-order valence-electron chi connectivity index (χ0n) is 10.7. The molecule has 1 heterocycles. The standard InChI is InChI=1S/C13H23N3/c1-4-15(5-2)13(9-14)8-11(3)16(10-13)12-6-7-12/h11-12H,4-8,10H2,1-3H3. The number of hydrogen-bond acceptors (Lipinski definition) is 3. The Bertz CT molecular complexity index is 288. The summed E-state index contributed by atoms with van der Waals surface area (Å²) in [6, 6.07) is 3.96. The van der Waals surface area contributed by atoms with Gasteiger partial charge in [0.1, 0.15) is 5.54 Å². The first-order valence-corrected chi connectivity index (χ1v) is 6.59. The average Bonchev–Trinajstić information content (AvgIpc) is 3.06. The predicted molar refractivity (Wildman–Crippen MR) is 65.1 cm³/mol. The minimum absolute atomic E-state index is 0.217. The Morgan fingerprint density at radius 3 is 2.44 bits per heavy atom. The van der Waals surface area contributed by atoms with Crippen molar-refractivity contribution in [2.24, 2.45) is 0 Å². The molecular weight excluding hydrogens is 198 g/mol. The van der Waals surface area contributed by atoms with Crippen molar-refractivity contribution in [3.05, 3.63) is 0 Å². The molecule has 0 radical (unpaired) electrons. The fourth-order valence-corrected chi connectivity index (χ4v) is 3.23. The molecule has 16 heavy (non-hydrogen) atoms. The zero-order valence-corrected chi connectivity index (χ0v) is 10.7. The Balaban J connectivity index is 2.14. The SMILES string of the molecule is CCN(CC)C1(C#N)CC(C)N(C2CC2)C1. The highest BCUT2D eigenvalue weighted by molar-refractivity contribution is 5.17. The highest BCUT2D eigenvalue weighted by atomic mass is 15.3. The van der Waals surface area contributed by atoms with Crippen molar-refractivity contribution in [1.29, 1.82) is 5.26 Å². The van der Waals surface area contributed by atoms with Gasteiger partial charge in [-0.15, -0.1) is 0 Å². The van der Waals surface area contributed by atoms with Gasteiger partial charge >= 0.3 is 0 Å². The van der Waals surface area contributed by atoms with Gasteiger partial charge in [0.25, 0.3) is 0 Å². The van der Waals surface area contributed by atoms with Crippen LogP contribution in [0, 0.1) is 11.3 Å². The van der Waals surface area contributed by atoms with E-state index in [1.807, 2.05) is 0 Å². The molecule has 0 aromatic heterocycles. The van der Waals surface area contributed by atoms with Gasteiger partial charge in [0, 0.05) is 18.6 Å². The predicted octanol–water partition coefficient (Wildman–Crippen LogP) is 1.85. The molecule has 3 heteroatoms. The van der Waals surface area contributed by atoms with Gasteiger partial charge in [-0.3, -0.25) is 9.80 Å². The smallest absolute Gasteiger partial charge is 0.123 e. The number of rotatable bonds is 4. The van der Waals surface area contributed by atoms with Gasteiger partial charge in [-0.1, -0.05) is 13.8 Å². The van der Waals surface area contributed by atoms with E-state index in [-0.39, 0.29) is 5.54 Å². The average molecular weight is 221 g/mol. The largest absolute Gasteiger partial charge is 0.295 e. The first kappa shape index (κ1) is 11.9. The third-order valence-corrected chi connectivity index (χ3v) is 4.24. The number of likely N-dealkylation sites (N-methyl/N-ethyl adjacent to an activating group) is 1. The molecule has 0 bridgehead atoms. The molecule has 1 aliphatic carbocycles. The lowest BCUT2D eigenvalue weighted by Gasteiger charge is -2.34. The van der Waals surface area contributed by atoms with E-state index >= 15 is 0 Å². The highest BCUT2D eigenvalue weighted by Crippen LogP contribution is 2.39. The summed E-state index contributed by atoms with van der Waals surface area (Å²) >= 11 is 0. The van der Waals surface area contributed by atoms with Crippen LogP contribution in [0.1, 0.15) is 40.0 Å². The van der Waals surface area contributed by atoms with Crippen molar-refractivity contribution in [3.63, 3.8) is 0 Å². The van der Waals surface area contributed by atoms with Crippen LogP contribution in [0.5, 0.6) is 0 Å². The second-order valence-electron chi connectivity index (χ2n) is 5.27. The van der Waals surface area contributed by atoms with Crippen LogP contribution in [0.25, 0.3) is 0 Å². The molecule has 1 saturated carbocycles. The third kappa shape index (κ3) is 1.85. The molecule has 0 N–H and O–H groups in total. The summed E-state index contributed by atoms with van der Waals surface area (Å²) in [5.74, 6) is 0. The number of hydrogen-bond donors (Lipinski definition) is 0. The Kier molecular flexibility index (Phi) is 3.23.